The lowest BCUT2D eigenvalue weighted by atomic mass is 9.95. The molecule has 280 valence electrons. The minimum atomic E-state index is -0.0195. The zero-order chi connectivity index (χ0) is 38.8. The second-order valence-corrected chi connectivity index (χ2v) is 14.9. The first-order chi connectivity index (χ1) is 28.1. The molecule has 0 unspecified atom stereocenters. The fourth-order valence-electron chi connectivity index (χ4n) is 7.86. The Morgan fingerprint density at radius 3 is 1.37 bits per heavy atom. The number of carbonyl (C=O) groups is 1. The molecule has 57 heavy (non-hydrogen) atoms. The Hall–Kier alpha value is -6.65. The second kappa shape index (κ2) is 17.9. The standard InChI is InChI=1S/C53H46N2O2/c56-46(19-7-11-38-23-27-40(28-24-38)35-44-17-9-21-50-48(44)31-33-54-52(50)42-13-3-1-4-14-42)37-47(57)20-8-12-39-25-29-41(30-26-39)36-45-18-10-22-51-49(45)32-34-55-53(51)43-15-5-2-6-16-43/h1-6,9-10,13-18,21-34,37,56H,7-8,11-12,19-20,35-36H2. The zero-order valence-electron chi connectivity index (χ0n) is 32.1. The second-order valence-electron chi connectivity index (χ2n) is 14.9. The van der Waals surface area contributed by atoms with Crippen molar-refractivity contribution in [1.82, 2.24) is 9.97 Å². The van der Waals surface area contributed by atoms with E-state index in [-0.39, 0.29) is 11.5 Å². The topological polar surface area (TPSA) is 63.1 Å². The van der Waals surface area contributed by atoms with E-state index in [0.717, 1.165) is 66.4 Å². The van der Waals surface area contributed by atoms with Gasteiger partial charge in [0.25, 0.3) is 0 Å². The summed E-state index contributed by atoms with van der Waals surface area (Å²) in [5, 5.41) is 15.3. The fourth-order valence-corrected chi connectivity index (χ4v) is 7.86. The number of carbonyl (C=O) groups excluding carboxylic acids is 1. The highest BCUT2D eigenvalue weighted by molar-refractivity contribution is 5.97. The van der Waals surface area contributed by atoms with E-state index in [1.807, 2.05) is 36.7 Å². The number of fused-ring (bicyclic) bond motifs is 2. The lowest BCUT2D eigenvalue weighted by Gasteiger charge is -2.11. The number of hydrogen-bond donors (Lipinski definition) is 1. The molecule has 0 amide bonds. The van der Waals surface area contributed by atoms with Crippen LogP contribution in [0.15, 0.2) is 182 Å². The molecule has 8 rings (SSSR count). The Morgan fingerprint density at radius 1 is 0.456 bits per heavy atom. The van der Waals surface area contributed by atoms with Crippen molar-refractivity contribution >= 4 is 27.3 Å². The zero-order valence-corrected chi connectivity index (χ0v) is 32.1. The highest BCUT2D eigenvalue weighted by atomic mass is 16.3. The number of allylic oxidation sites excluding steroid dienone is 2. The van der Waals surface area contributed by atoms with Gasteiger partial charge in [-0.25, -0.2) is 0 Å². The number of aryl methyl sites for hydroxylation is 2. The van der Waals surface area contributed by atoms with E-state index < -0.39 is 0 Å². The molecule has 0 spiro atoms. The largest absolute Gasteiger partial charge is 0.512 e. The van der Waals surface area contributed by atoms with Gasteiger partial charge >= 0.3 is 0 Å². The normalized spacial score (nSPS) is 11.6. The SMILES string of the molecule is O=C(C=C(O)CCCc1ccc(Cc2cccc3c(-c4ccccc4)nccc23)cc1)CCCc1ccc(Cc2cccc3c(-c4ccccc4)nccc23)cc1. The third-order valence-electron chi connectivity index (χ3n) is 10.8. The molecule has 0 atom stereocenters. The minimum absolute atomic E-state index is 0.0195. The molecule has 4 heteroatoms. The Bertz CT molecular complexity index is 2630. The molecule has 8 aromatic rings. The first kappa shape index (κ1) is 37.3. The summed E-state index contributed by atoms with van der Waals surface area (Å²) in [6.45, 7) is 0. The Morgan fingerprint density at radius 2 is 0.895 bits per heavy atom. The quantitative estimate of drug-likeness (QED) is 0.0839. The van der Waals surface area contributed by atoms with E-state index in [1.165, 1.54) is 55.6 Å². The lowest BCUT2D eigenvalue weighted by molar-refractivity contribution is -0.114. The molecule has 2 heterocycles. The van der Waals surface area contributed by atoms with Crippen LogP contribution in [0.3, 0.4) is 0 Å². The van der Waals surface area contributed by atoms with Crippen LogP contribution in [0.1, 0.15) is 59.1 Å². The number of aliphatic hydroxyl groups is 1. The summed E-state index contributed by atoms with van der Waals surface area (Å²) < 4.78 is 0. The van der Waals surface area contributed by atoms with E-state index >= 15 is 0 Å². The third-order valence-corrected chi connectivity index (χ3v) is 10.8. The van der Waals surface area contributed by atoms with Gasteiger partial charge in [-0.1, -0.05) is 146 Å². The highest BCUT2D eigenvalue weighted by Crippen LogP contribution is 2.31. The third kappa shape index (κ3) is 9.25. The number of aliphatic hydroxyl groups excluding tert-OH is 1. The number of hydrogen-bond acceptors (Lipinski definition) is 4. The molecule has 0 saturated heterocycles. The van der Waals surface area contributed by atoms with Crippen LogP contribution in [0.2, 0.25) is 0 Å². The molecule has 0 aliphatic rings. The number of benzene rings is 6. The van der Waals surface area contributed by atoms with E-state index in [1.54, 1.807) is 0 Å². The molecular formula is C53H46N2O2. The molecule has 1 N–H and O–H groups in total. The number of nitrogens with zero attached hydrogens (tertiary/aromatic N) is 2. The number of ketones is 1. The van der Waals surface area contributed by atoms with Crippen LogP contribution >= 0.6 is 0 Å². The van der Waals surface area contributed by atoms with Crippen molar-refractivity contribution < 1.29 is 9.90 Å². The van der Waals surface area contributed by atoms with Gasteiger partial charge in [0.1, 0.15) is 0 Å². The van der Waals surface area contributed by atoms with Crippen molar-refractivity contribution in [3.63, 3.8) is 0 Å². The van der Waals surface area contributed by atoms with Crippen molar-refractivity contribution in [1.29, 1.82) is 0 Å². The average Bonchev–Trinajstić information content (AvgIpc) is 3.25. The minimum Gasteiger partial charge on any atom is -0.512 e. The smallest absolute Gasteiger partial charge is 0.159 e. The summed E-state index contributed by atoms with van der Waals surface area (Å²) in [7, 11) is 0. The van der Waals surface area contributed by atoms with Crippen LogP contribution in [0.25, 0.3) is 44.1 Å². The predicted molar refractivity (Wildman–Crippen MR) is 234 cm³/mol. The monoisotopic (exact) mass is 742 g/mol. The van der Waals surface area contributed by atoms with Gasteiger partial charge in [0.2, 0.25) is 0 Å². The highest BCUT2D eigenvalue weighted by Gasteiger charge is 2.11. The van der Waals surface area contributed by atoms with Gasteiger partial charge in [-0.05, 0) is 94.8 Å². The van der Waals surface area contributed by atoms with Gasteiger partial charge in [-0.15, -0.1) is 0 Å². The fraction of sp³-hybridized carbons (Fsp3) is 0.151. The molecule has 0 fully saturated rings. The summed E-state index contributed by atoms with van der Waals surface area (Å²) in [5.74, 6) is 0.148. The Kier molecular flexibility index (Phi) is 11.7. The number of aromatic nitrogens is 2. The molecule has 4 nitrogen and oxygen atoms in total. The maximum absolute atomic E-state index is 12.7. The molecule has 0 aliphatic heterocycles. The molecular weight excluding hydrogens is 697 g/mol. The van der Waals surface area contributed by atoms with Crippen molar-refractivity contribution in [2.24, 2.45) is 0 Å². The molecule has 2 aromatic heterocycles. The van der Waals surface area contributed by atoms with Crippen molar-refractivity contribution in [3.8, 4) is 22.5 Å². The van der Waals surface area contributed by atoms with Gasteiger partial charge in [0, 0.05) is 53.2 Å². The Labute approximate surface area is 335 Å². The van der Waals surface area contributed by atoms with Crippen molar-refractivity contribution in [2.45, 2.75) is 51.4 Å². The molecule has 0 saturated carbocycles. The maximum Gasteiger partial charge on any atom is 0.159 e. The van der Waals surface area contributed by atoms with Crippen LogP contribution < -0.4 is 0 Å². The summed E-state index contributed by atoms with van der Waals surface area (Å²) >= 11 is 0. The molecule has 0 bridgehead atoms. The van der Waals surface area contributed by atoms with Gasteiger partial charge in [0.15, 0.2) is 5.78 Å². The average molecular weight is 743 g/mol. The summed E-state index contributed by atoms with van der Waals surface area (Å²) in [4.78, 5) is 22.1. The summed E-state index contributed by atoms with van der Waals surface area (Å²) in [5.41, 5.74) is 11.8. The van der Waals surface area contributed by atoms with E-state index in [9.17, 15) is 9.90 Å². The summed E-state index contributed by atoms with van der Waals surface area (Å²) in [6, 6.07) is 55.4. The predicted octanol–water partition coefficient (Wildman–Crippen LogP) is 12.7. The number of rotatable bonds is 15. The molecule has 0 radical (unpaired) electrons. The molecule has 6 aromatic carbocycles. The van der Waals surface area contributed by atoms with Crippen molar-refractivity contribution in [3.05, 3.63) is 215 Å². The maximum atomic E-state index is 12.7. The van der Waals surface area contributed by atoms with Crippen LogP contribution in [-0.4, -0.2) is 20.9 Å². The summed E-state index contributed by atoms with van der Waals surface area (Å²) in [6.07, 6.45) is 11.0. The first-order valence-electron chi connectivity index (χ1n) is 20.0. The van der Waals surface area contributed by atoms with Gasteiger partial charge < -0.3 is 5.11 Å². The van der Waals surface area contributed by atoms with E-state index in [4.69, 9.17) is 9.97 Å². The van der Waals surface area contributed by atoms with E-state index in [2.05, 4.69) is 133 Å². The van der Waals surface area contributed by atoms with Gasteiger partial charge in [-0.2, -0.15) is 0 Å². The first-order valence-corrected chi connectivity index (χ1v) is 20.0. The lowest BCUT2D eigenvalue weighted by Crippen LogP contribution is -1.98. The van der Waals surface area contributed by atoms with Crippen LogP contribution in [0, 0.1) is 0 Å². The van der Waals surface area contributed by atoms with E-state index in [0.29, 0.717) is 12.8 Å². The van der Waals surface area contributed by atoms with Crippen LogP contribution in [-0.2, 0) is 30.5 Å². The van der Waals surface area contributed by atoms with Crippen LogP contribution in [0.4, 0.5) is 0 Å². The Balaban J connectivity index is 0.784. The van der Waals surface area contributed by atoms with Crippen molar-refractivity contribution in [2.75, 3.05) is 0 Å². The number of pyridine rings is 2. The van der Waals surface area contributed by atoms with Gasteiger partial charge in [0.05, 0.1) is 17.1 Å². The molecule has 0 aliphatic carbocycles. The van der Waals surface area contributed by atoms with Gasteiger partial charge in [-0.3, -0.25) is 14.8 Å². The van der Waals surface area contributed by atoms with Crippen LogP contribution in [0.5, 0.6) is 0 Å².